The van der Waals surface area contributed by atoms with E-state index in [1.807, 2.05) is 0 Å². The van der Waals surface area contributed by atoms with Crippen molar-refractivity contribution in [1.82, 2.24) is 0 Å². The Hall–Kier alpha value is 5.64. The summed E-state index contributed by atoms with van der Waals surface area (Å²) in [6.45, 7) is 0. The quantitative estimate of drug-likeness (QED) is 0.289. The van der Waals surface area contributed by atoms with Gasteiger partial charge in [0.15, 0.2) is 0 Å². The fourth-order valence-electron chi connectivity index (χ4n) is 0. The summed E-state index contributed by atoms with van der Waals surface area (Å²) in [6.07, 6.45) is 0. The Balaban J connectivity index is -0.0000000267. The maximum absolute atomic E-state index is 3.40. The SMILES string of the molecule is [Si][Si][Si]([Si])[Si].[Yb].[Yb].[Yb]. The van der Waals surface area contributed by atoms with E-state index in [0.29, 0.717) is 0 Å². The van der Waals surface area contributed by atoms with Gasteiger partial charge in [-0.15, -0.1) is 0 Å². The van der Waals surface area contributed by atoms with Crippen LogP contribution in [-0.2, 0) is 0 Å². The standard InChI is InChI=1S/Si5.3Yb/c1-4-5(2)3;;;. The predicted octanol–water partition coefficient (Wildman–Crippen LogP) is -1.90. The molecule has 0 unspecified atom stereocenters. The third kappa shape index (κ3) is 22.6. The van der Waals surface area contributed by atoms with Crippen molar-refractivity contribution >= 4 is 45.2 Å². The van der Waals surface area contributed by atoms with E-state index in [2.05, 4.69) is 29.3 Å². The molecule has 0 aromatic rings. The van der Waals surface area contributed by atoms with Gasteiger partial charge in [0.25, 0.3) is 0 Å². The molecule has 62 valence electrons. The molecule has 0 fully saturated rings. The Kier molecular flexibility index (Phi) is 54.0. The maximum atomic E-state index is 3.40. The van der Waals surface area contributed by atoms with E-state index in [1.165, 1.54) is 0 Å². The fraction of sp³-hybridized carbons (Fsp3) is 0. The molecule has 0 aliphatic rings. The zero-order chi connectivity index (χ0) is 4.28. The second-order valence-corrected chi connectivity index (χ2v) is 13.5. The first-order valence-corrected chi connectivity index (χ1v) is 9.00. The van der Waals surface area contributed by atoms with E-state index in [-0.39, 0.29) is 148 Å². The molecule has 0 aliphatic heterocycles. The Morgan fingerprint density at radius 1 is 1.00 bits per heavy atom. The molecule has 0 saturated heterocycles. The molecule has 0 saturated carbocycles. The van der Waals surface area contributed by atoms with Crippen molar-refractivity contribution < 1.29 is 141 Å². The third-order valence-corrected chi connectivity index (χ3v) is 10.1. The van der Waals surface area contributed by atoms with Crippen molar-refractivity contribution in [2.24, 2.45) is 0 Å². The van der Waals surface area contributed by atoms with Gasteiger partial charge in [-0.3, -0.25) is 0 Å². The summed E-state index contributed by atoms with van der Waals surface area (Å²) in [5, 5.41) is 0. The van der Waals surface area contributed by atoms with Gasteiger partial charge < -0.3 is 0 Å². The first-order chi connectivity index (χ1) is 2.27. The Labute approximate surface area is 180 Å². The molecule has 8 heteroatoms. The monoisotopic (exact) mass is 662 g/mol. The van der Waals surface area contributed by atoms with Crippen molar-refractivity contribution in [3.05, 3.63) is 0 Å². The first-order valence-electron chi connectivity index (χ1n) is 1.00. The maximum Gasteiger partial charge on any atom is 0 e. The van der Waals surface area contributed by atoms with Crippen LogP contribution in [0.5, 0.6) is 0 Å². The molecule has 0 spiro atoms. The molecule has 8 heavy (non-hydrogen) atoms. The molecule has 12 radical (unpaired) electrons. The molecule has 0 nitrogen and oxygen atoms in total. The minimum atomic E-state index is -0.322. The summed E-state index contributed by atoms with van der Waals surface area (Å²) in [5.74, 6) is 0. The predicted molar refractivity (Wildman–Crippen MR) is 28.8 cm³/mol. The van der Waals surface area contributed by atoms with Crippen LogP contribution in [0.1, 0.15) is 0 Å². The van der Waals surface area contributed by atoms with Crippen LogP contribution in [0.15, 0.2) is 0 Å². The molecule has 0 rings (SSSR count). The average molecular weight is 660 g/mol. The molecule has 0 N–H and O–H groups in total. The number of rotatable bonds is 1. The fourth-order valence-corrected chi connectivity index (χ4v) is 0. The molecule has 0 amide bonds. The van der Waals surface area contributed by atoms with Gasteiger partial charge in [-0.1, -0.05) is 0 Å². The van der Waals surface area contributed by atoms with Crippen LogP contribution in [-0.4, -0.2) is 45.2 Å². The molecule has 0 aliphatic carbocycles. The van der Waals surface area contributed by atoms with E-state index in [1.54, 1.807) is 0 Å². The van der Waals surface area contributed by atoms with Crippen molar-refractivity contribution in [3.63, 3.8) is 0 Å². The first kappa shape index (κ1) is 23.5. The van der Waals surface area contributed by atoms with Crippen molar-refractivity contribution in [2.45, 2.75) is 0 Å². The van der Waals surface area contributed by atoms with Crippen LogP contribution >= 0.6 is 0 Å². The van der Waals surface area contributed by atoms with E-state index in [9.17, 15) is 0 Å². The smallest absolute Gasteiger partial charge is 0 e. The Bertz CT molecular complexity index is 21.6. The van der Waals surface area contributed by atoms with E-state index < -0.39 is 0 Å². The normalized spacial score (nSPS) is 6.00. The van der Waals surface area contributed by atoms with Crippen molar-refractivity contribution in [2.75, 3.05) is 0 Å². The summed E-state index contributed by atoms with van der Waals surface area (Å²) in [6, 6.07) is 0. The van der Waals surface area contributed by atoms with Gasteiger partial charge in [0, 0.05) is 186 Å². The summed E-state index contributed by atoms with van der Waals surface area (Å²) in [4.78, 5) is 0. The van der Waals surface area contributed by atoms with Gasteiger partial charge in [-0.2, -0.15) is 0 Å². The molecule has 0 atom stereocenters. The number of hydrogen-bond donors (Lipinski definition) is 0. The van der Waals surface area contributed by atoms with E-state index >= 15 is 0 Å². The zero-order valence-electron chi connectivity index (χ0n) is 3.30. The van der Waals surface area contributed by atoms with Gasteiger partial charge >= 0.3 is 0 Å². The van der Waals surface area contributed by atoms with Crippen molar-refractivity contribution in [1.29, 1.82) is 0 Å². The van der Waals surface area contributed by atoms with Gasteiger partial charge in [0.1, 0.15) is 0 Å². The van der Waals surface area contributed by atoms with Gasteiger partial charge in [0.05, 0.1) is 0 Å². The van der Waals surface area contributed by atoms with Crippen LogP contribution in [0.3, 0.4) is 0 Å². The Morgan fingerprint density at radius 3 is 1.12 bits per heavy atom. The zero-order valence-corrected chi connectivity index (χ0v) is 13.4. The minimum Gasteiger partial charge on any atom is 0 e. The summed E-state index contributed by atoms with van der Waals surface area (Å²) < 4.78 is 0. The second kappa shape index (κ2) is 18.4. The van der Waals surface area contributed by atoms with E-state index in [0.717, 1.165) is 8.55 Å². The molecular formula is Si5Yb3. The van der Waals surface area contributed by atoms with Crippen LogP contribution in [0.25, 0.3) is 0 Å². The van der Waals surface area contributed by atoms with Crippen LogP contribution in [0, 0.1) is 141 Å². The molecular weight excluding hydrogens is 660 g/mol. The van der Waals surface area contributed by atoms with Crippen LogP contribution in [0.4, 0.5) is 0 Å². The van der Waals surface area contributed by atoms with Gasteiger partial charge in [-0.05, 0) is 0 Å². The minimum absolute atomic E-state index is 0. The Morgan fingerprint density at radius 2 is 1.12 bits per heavy atom. The summed E-state index contributed by atoms with van der Waals surface area (Å²) >= 11 is 0. The topological polar surface area (TPSA) is 0 Å². The van der Waals surface area contributed by atoms with Crippen LogP contribution < -0.4 is 0 Å². The van der Waals surface area contributed by atoms with Gasteiger partial charge in [-0.25, -0.2) is 0 Å². The van der Waals surface area contributed by atoms with Crippen molar-refractivity contribution in [3.8, 4) is 0 Å². The molecule has 0 aromatic heterocycles. The number of hydrogen-bond acceptors (Lipinski definition) is 0. The molecule has 0 aromatic carbocycles. The largest absolute Gasteiger partial charge is 0 e. The third-order valence-electron chi connectivity index (χ3n) is 0.125. The average Bonchev–Trinajstić information content (AvgIpc) is 1.38. The molecule has 0 heterocycles. The second-order valence-electron chi connectivity index (χ2n) is 0.500. The molecule has 0 bridgehead atoms. The summed E-state index contributed by atoms with van der Waals surface area (Å²) in [7, 11) is 10.6. The van der Waals surface area contributed by atoms with E-state index in [4.69, 9.17) is 0 Å². The summed E-state index contributed by atoms with van der Waals surface area (Å²) in [5.41, 5.74) is 0. The van der Waals surface area contributed by atoms with Crippen LogP contribution in [0.2, 0.25) is 0 Å². The van der Waals surface area contributed by atoms with Gasteiger partial charge in [0.2, 0.25) is 0 Å².